The quantitative estimate of drug-likeness (QED) is 0.365. The van der Waals surface area contributed by atoms with Crippen molar-refractivity contribution >= 4 is 46.1 Å². The van der Waals surface area contributed by atoms with E-state index in [-0.39, 0.29) is 54.9 Å². The Labute approximate surface area is 241 Å². The molecule has 1 atom stereocenters. The van der Waals surface area contributed by atoms with Crippen LogP contribution in [0.3, 0.4) is 0 Å². The number of likely N-dealkylation sites (N-methyl/N-ethyl adjacent to an activating group) is 1. The van der Waals surface area contributed by atoms with E-state index < -0.39 is 23.8 Å². The number of benzene rings is 2. The number of aryl methyl sites for hydroxylation is 1. The number of pyridine rings is 1. The van der Waals surface area contributed by atoms with E-state index in [0.717, 1.165) is 13.1 Å². The fourth-order valence-electron chi connectivity index (χ4n) is 4.61. The molecule has 1 fully saturated rings. The van der Waals surface area contributed by atoms with Crippen molar-refractivity contribution in [3.63, 3.8) is 0 Å². The van der Waals surface area contributed by atoms with Gasteiger partial charge in [0.1, 0.15) is 24.1 Å². The maximum Gasteiger partial charge on any atom is 0.412 e. The molecule has 3 amide bonds. The number of amides is 3. The van der Waals surface area contributed by atoms with Crippen molar-refractivity contribution in [1.29, 1.82) is 0 Å². The van der Waals surface area contributed by atoms with Crippen molar-refractivity contribution < 1.29 is 27.9 Å². The summed E-state index contributed by atoms with van der Waals surface area (Å²) in [4.78, 5) is 45.8. The van der Waals surface area contributed by atoms with Gasteiger partial charge in [-0.05, 0) is 54.1 Å². The minimum atomic E-state index is -0.806. The van der Waals surface area contributed by atoms with Crippen LogP contribution in [-0.2, 0) is 20.7 Å². The van der Waals surface area contributed by atoms with Gasteiger partial charge in [-0.15, -0.1) is 0 Å². The summed E-state index contributed by atoms with van der Waals surface area (Å²) in [5, 5.41) is 6.97. The Morgan fingerprint density at radius 2 is 1.90 bits per heavy atom. The van der Waals surface area contributed by atoms with Crippen LogP contribution in [0.2, 0.25) is 5.02 Å². The Bertz CT molecular complexity index is 1400. The zero-order chi connectivity index (χ0) is 29.4. The Kier molecular flexibility index (Phi) is 10.4. The molecule has 218 valence electrons. The number of ether oxygens (including phenoxy) is 1. The highest BCUT2D eigenvalue weighted by atomic mass is 35.5. The lowest BCUT2D eigenvalue weighted by molar-refractivity contribution is -0.135. The molecule has 0 unspecified atom stereocenters. The fourth-order valence-corrected chi connectivity index (χ4v) is 4.83. The second-order valence-electron chi connectivity index (χ2n) is 9.83. The predicted molar refractivity (Wildman–Crippen MR) is 152 cm³/mol. The number of rotatable bonds is 10. The zero-order valence-corrected chi connectivity index (χ0v) is 23.4. The maximum absolute atomic E-state index is 13.8. The monoisotopic (exact) mass is 587 g/mol. The summed E-state index contributed by atoms with van der Waals surface area (Å²) in [6.07, 6.45) is 1.41. The molecule has 2 heterocycles. The topological polar surface area (TPSA) is 104 Å². The Balaban J connectivity index is 1.38. The van der Waals surface area contributed by atoms with E-state index in [2.05, 4.69) is 15.6 Å². The molecule has 1 aliphatic heterocycles. The van der Waals surface area contributed by atoms with Crippen LogP contribution in [-0.4, -0.2) is 78.6 Å². The van der Waals surface area contributed by atoms with Crippen molar-refractivity contribution in [2.75, 3.05) is 45.2 Å². The highest BCUT2D eigenvalue weighted by Gasteiger charge is 2.25. The molecule has 1 saturated heterocycles. The van der Waals surface area contributed by atoms with Gasteiger partial charge in [0.15, 0.2) is 0 Å². The van der Waals surface area contributed by atoms with Crippen LogP contribution in [0, 0.1) is 11.6 Å². The van der Waals surface area contributed by atoms with Gasteiger partial charge in [-0.25, -0.2) is 18.6 Å². The molecular formula is C29H32ClF2N5O4. The Hall–Kier alpha value is -3.83. The maximum atomic E-state index is 13.8. The first kappa shape index (κ1) is 30.1. The molecular weight excluding hydrogens is 556 g/mol. The van der Waals surface area contributed by atoms with E-state index in [1.165, 1.54) is 41.4 Å². The summed E-state index contributed by atoms with van der Waals surface area (Å²) >= 11 is 6.03. The Morgan fingerprint density at radius 3 is 2.68 bits per heavy atom. The molecule has 1 aromatic heterocycles. The molecule has 0 aliphatic carbocycles. The number of hydrogen-bond donors (Lipinski definition) is 2. The number of carbonyl (C=O) groups is 3. The van der Waals surface area contributed by atoms with Gasteiger partial charge < -0.3 is 19.9 Å². The predicted octanol–water partition coefficient (Wildman–Crippen LogP) is 4.39. The first-order valence-corrected chi connectivity index (χ1v) is 13.7. The smallest absolute Gasteiger partial charge is 0.412 e. The lowest BCUT2D eigenvalue weighted by Crippen LogP contribution is -2.47. The Morgan fingerprint density at radius 1 is 1.12 bits per heavy atom. The van der Waals surface area contributed by atoms with Crippen molar-refractivity contribution in [1.82, 2.24) is 20.1 Å². The number of fused-ring (bicyclic) bond motifs is 1. The summed E-state index contributed by atoms with van der Waals surface area (Å²) in [6.45, 7) is 2.47. The average Bonchev–Trinajstić information content (AvgIpc) is 2.97. The van der Waals surface area contributed by atoms with Crippen LogP contribution < -0.4 is 10.6 Å². The van der Waals surface area contributed by atoms with Crippen molar-refractivity contribution in [3.05, 3.63) is 70.9 Å². The average molecular weight is 588 g/mol. The third kappa shape index (κ3) is 8.34. The van der Waals surface area contributed by atoms with Gasteiger partial charge in [0.05, 0.1) is 11.1 Å². The SMILES string of the molecule is CN(C(=O)CCc1cccc(F)c1Cl)[C@@H](CCC(=O)N1CCNCC1)COC(=O)Nc1cc2cc(F)ccc2cn1. The van der Waals surface area contributed by atoms with Gasteiger partial charge in [-0.2, -0.15) is 0 Å². The summed E-state index contributed by atoms with van der Waals surface area (Å²) in [7, 11) is 1.58. The summed E-state index contributed by atoms with van der Waals surface area (Å²) in [5.74, 6) is -1.11. The van der Waals surface area contributed by atoms with Crippen LogP contribution in [0.4, 0.5) is 19.4 Å². The first-order valence-electron chi connectivity index (χ1n) is 13.4. The number of halogens is 3. The number of aromatic nitrogens is 1. The van der Waals surface area contributed by atoms with E-state index in [9.17, 15) is 23.2 Å². The summed E-state index contributed by atoms with van der Waals surface area (Å²) < 4.78 is 32.8. The van der Waals surface area contributed by atoms with Gasteiger partial charge in [0.25, 0.3) is 0 Å². The molecule has 0 radical (unpaired) electrons. The number of nitrogens with zero attached hydrogens (tertiary/aromatic N) is 3. The van der Waals surface area contributed by atoms with Crippen molar-refractivity contribution in [3.8, 4) is 0 Å². The van der Waals surface area contributed by atoms with Crippen molar-refractivity contribution in [2.45, 2.75) is 31.7 Å². The van der Waals surface area contributed by atoms with Gasteiger partial charge in [0.2, 0.25) is 11.8 Å². The molecule has 3 aromatic rings. The van der Waals surface area contributed by atoms with E-state index in [0.29, 0.717) is 29.4 Å². The lowest BCUT2D eigenvalue weighted by Gasteiger charge is -2.30. The number of anilines is 1. The minimum Gasteiger partial charge on any atom is -0.447 e. The highest BCUT2D eigenvalue weighted by molar-refractivity contribution is 6.31. The molecule has 9 nitrogen and oxygen atoms in total. The van der Waals surface area contributed by atoms with E-state index in [4.69, 9.17) is 16.3 Å². The normalized spacial score (nSPS) is 14.0. The van der Waals surface area contributed by atoms with E-state index in [1.807, 2.05) is 0 Å². The lowest BCUT2D eigenvalue weighted by atomic mass is 10.1. The van der Waals surface area contributed by atoms with Crippen LogP contribution in [0.25, 0.3) is 10.8 Å². The molecule has 12 heteroatoms. The number of nitrogens with one attached hydrogen (secondary N) is 2. The molecule has 0 spiro atoms. The van der Waals surface area contributed by atoms with Crippen LogP contribution in [0.1, 0.15) is 24.8 Å². The number of carbonyl (C=O) groups excluding carboxylic acids is 3. The molecule has 1 aliphatic rings. The summed E-state index contributed by atoms with van der Waals surface area (Å²) in [6, 6.07) is 9.60. The zero-order valence-electron chi connectivity index (χ0n) is 22.7. The van der Waals surface area contributed by atoms with Crippen LogP contribution in [0.15, 0.2) is 48.7 Å². The first-order chi connectivity index (χ1) is 19.7. The largest absolute Gasteiger partial charge is 0.447 e. The van der Waals surface area contributed by atoms with Gasteiger partial charge in [-0.3, -0.25) is 14.9 Å². The van der Waals surface area contributed by atoms with Crippen LogP contribution >= 0.6 is 11.6 Å². The van der Waals surface area contributed by atoms with Crippen molar-refractivity contribution in [2.24, 2.45) is 0 Å². The molecule has 0 saturated carbocycles. The van der Waals surface area contributed by atoms with Gasteiger partial charge >= 0.3 is 6.09 Å². The third-order valence-electron chi connectivity index (χ3n) is 7.06. The summed E-state index contributed by atoms with van der Waals surface area (Å²) in [5.41, 5.74) is 0.511. The number of hydrogen-bond acceptors (Lipinski definition) is 6. The van der Waals surface area contributed by atoms with E-state index in [1.54, 1.807) is 24.1 Å². The fraction of sp³-hybridized carbons (Fsp3) is 0.379. The van der Waals surface area contributed by atoms with E-state index >= 15 is 0 Å². The molecule has 0 bridgehead atoms. The highest BCUT2D eigenvalue weighted by Crippen LogP contribution is 2.22. The van der Waals surface area contributed by atoms with Gasteiger partial charge in [0, 0.05) is 57.7 Å². The number of piperazine rings is 1. The standard InChI is InChI=1S/C29H32ClF2N5O4/c1-36(26(38)9-6-19-3-2-4-24(32)28(19)30)23(8-10-27(39)37-13-11-33-12-14-37)18-41-29(40)35-25-16-21-15-22(31)7-5-20(21)17-34-25/h2-5,7,15-17,23,33H,6,8-14,18H2,1H3,(H,34,35,40)/t23-/m0/s1. The molecule has 2 aromatic carbocycles. The molecule has 2 N–H and O–H groups in total. The van der Waals surface area contributed by atoms with Gasteiger partial charge in [-0.1, -0.05) is 23.7 Å². The third-order valence-corrected chi connectivity index (χ3v) is 7.49. The molecule has 41 heavy (non-hydrogen) atoms. The molecule has 4 rings (SSSR count). The second-order valence-corrected chi connectivity index (χ2v) is 10.2. The van der Waals surface area contributed by atoms with Crippen LogP contribution in [0.5, 0.6) is 0 Å². The second kappa shape index (κ2) is 14.2. The minimum absolute atomic E-state index is 0.0221.